The summed E-state index contributed by atoms with van der Waals surface area (Å²) < 4.78 is 0. The maximum Gasteiger partial charge on any atom is 0.237 e. The Bertz CT molecular complexity index is 284. The van der Waals surface area contributed by atoms with Gasteiger partial charge in [0.05, 0.1) is 6.04 Å². The molecule has 1 saturated heterocycles. The molecular weight excluding hydrogens is 212 g/mol. The van der Waals surface area contributed by atoms with Gasteiger partial charge in [-0.05, 0) is 49.5 Å². The average Bonchev–Trinajstić information content (AvgIpc) is 3.07. The van der Waals surface area contributed by atoms with Crippen LogP contribution in [0.1, 0.15) is 46.5 Å². The van der Waals surface area contributed by atoms with Gasteiger partial charge < -0.3 is 10.6 Å². The Morgan fingerprint density at radius 2 is 2.18 bits per heavy atom. The third-order valence-corrected chi connectivity index (χ3v) is 4.78. The Labute approximate surface area is 105 Å². The van der Waals surface area contributed by atoms with Crippen molar-refractivity contribution in [3.05, 3.63) is 0 Å². The average molecular weight is 238 g/mol. The van der Waals surface area contributed by atoms with E-state index in [2.05, 4.69) is 31.4 Å². The van der Waals surface area contributed by atoms with Crippen LogP contribution in [0, 0.1) is 17.3 Å². The van der Waals surface area contributed by atoms with Gasteiger partial charge in [0.1, 0.15) is 0 Å². The number of carbonyl (C=O) groups excluding carboxylic acids is 1. The summed E-state index contributed by atoms with van der Waals surface area (Å²) in [7, 11) is 0. The highest BCUT2D eigenvalue weighted by Crippen LogP contribution is 2.51. The van der Waals surface area contributed by atoms with Crippen LogP contribution < -0.4 is 10.6 Å². The van der Waals surface area contributed by atoms with Crippen molar-refractivity contribution in [3.63, 3.8) is 0 Å². The summed E-state index contributed by atoms with van der Waals surface area (Å²) in [6.07, 6.45) is 4.92. The van der Waals surface area contributed by atoms with Crippen LogP contribution in [0.4, 0.5) is 0 Å². The highest BCUT2D eigenvalue weighted by Gasteiger charge is 2.45. The van der Waals surface area contributed by atoms with Crippen LogP contribution in [0.25, 0.3) is 0 Å². The largest absolute Gasteiger partial charge is 0.354 e. The predicted molar refractivity (Wildman–Crippen MR) is 69.7 cm³/mol. The van der Waals surface area contributed by atoms with Gasteiger partial charge in [0.15, 0.2) is 0 Å². The van der Waals surface area contributed by atoms with Gasteiger partial charge in [-0.3, -0.25) is 4.79 Å². The fourth-order valence-electron chi connectivity index (χ4n) is 2.89. The number of amides is 1. The molecule has 1 heterocycles. The first-order chi connectivity index (χ1) is 8.05. The van der Waals surface area contributed by atoms with Gasteiger partial charge in [-0.25, -0.2) is 0 Å². The van der Waals surface area contributed by atoms with Crippen molar-refractivity contribution in [2.75, 3.05) is 13.1 Å². The lowest BCUT2D eigenvalue weighted by molar-refractivity contribution is -0.125. The zero-order valence-corrected chi connectivity index (χ0v) is 11.4. The van der Waals surface area contributed by atoms with Gasteiger partial charge in [-0.15, -0.1) is 0 Å². The molecule has 1 aliphatic carbocycles. The molecule has 0 radical (unpaired) electrons. The second kappa shape index (κ2) is 4.97. The molecule has 3 heteroatoms. The number of carbonyl (C=O) groups is 1. The Kier molecular flexibility index (Phi) is 3.76. The molecule has 98 valence electrons. The molecule has 3 nitrogen and oxygen atoms in total. The smallest absolute Gasteiger partial charge is 0.237 e. The van der Waals surface area contributed by atoms with Gasteiger partial charge in [-0.1, -0.05) is 20.8 Å². The lowest BCUT2D eigenvalue weighted by atomic mass is 9.90. The Hall–Kier alpha value is -0.570. The molecule has 1 aliphatic heterocycles. The minimum Gasteiger partial charge on any atom is -0.354 e. The monoisotopic (exact) mass is 238 g/mol. The standard InChI is InChI=1S/C14H26N2O/c1-10(2)14(6-7-14)9-16-13(17)12-11(3)5-4-8-15-12/h10-12,15H,4-9H2,1-3H3,(H,16,17). The number of piperidine rings is 1. The lowest BCUT2D eigenvalue weighted by Crippen LogP contribution is -2.52. The van der Waals surface area contributed by atoms with E-state index in [4.69, 9.17) is 0 Å². The highest BCUT2D eigenvalue weighted by atomic mass is 16.2. The fourth-order valence-corrected chi connectivity index (χ4v) is 2.89. The normalized spacial score (nSPS) is 31.3. The number of hydrogen-bond acceptors (Lipinski definition) is 2. The number of rotatable bonds is 4. The second-order valence-corrected chi connectivity index (χ2v) is 6.29. The topological polar surface area (TPSA) is 41.1 Å². The van der Waals surface area contributed by atoms with E-state index >= 15 is 0 Å². The van der Waals surface area contributed by atoms with E-state index in [1.54, 1.807) is 0 Å². The Morgan fingerprint density at radius 1 is 1.47 bits per heavy atom. The minimum absolute atomic E-state index is 0.0340. The van der Waals surface area contributed by atoms with Crippen molar-refractivity contribution in [2.45, 2.75) is 52.5 Å². The Morgan fingerprint density at radius 3 is 2.71 bits per heavy atom. The molecule has 2 aliphatic rings. The van der Waals surface area contributed by atoms with Gasteiger partial charge in [-0.2, -0.15) is 0 Å². The molecule has 17 heavy (non-hydrogen) atoms. The maximum absolute atomic E-state index is 12.1. The summed E-state index contributed by atoms with van der Waals surface area (Å²) in [5.41, 5.74) is 0.410. The molecule has 2 rings (SSSR count). The van der Waals surface area contributed by atoms with Crippen LogP contribution in [-0.2, 0) is 4.79 Å². The van der Waals surface area contributed by atoms with E-state index < -0.39 is 0 Å². The molecule has 2 unspecified atom stereocenters. The molecule has 2 atom stereocenters. The van der Waals surface area contributed by atoms with Crippen LogP contribution in [0.2, 0.25) is 0 Å². The summed E-state index contributed by atoms with van der Waals surface area (Å²) in [6.45, 7) is 8.55. The van der Waals surface area contributed by atoms with Crippen molar-refractivity contribution >= 4 is 5.91 Å². The van der Waals surface area contributed by atoms with E-state index in [-0.39, 0.29) is 11.9 Å². The maximum atomic E-state index is 12.1. The van der Waals surface area contributed by atoms with Crippen molar-refractivity contribution in [3.8, 4) is 0 Å². The van der Waals surface area contributed by atoms with Crippen molar-refractivity contribution < 1.29 is 4.79 Å². The molecule has 0 aromatic heterocycles. The first-order valence-electron chi connectivity index (χ1n) is 7.06. The van der Waals surface area contributed by atoms with Crippen molar-refractivity contribution in [1.29, 1.82) is 0 Å². The fraction of sp³-hybridized carbons (Fsp3) is 0.929. The van der Waals surface area contributed by atoms with Gasteiger partial charge in [0.2, 0.25) is 5.91 Å². The van der Waals surface area contributed by atoms with Gasteiger partial charge in [0.25, 0.3) is 0 Å². The van der Waals surface area contributed by atoms with E-state index in [9.17, 15) is 4.79 Å². The summed E-state index contributed by atoms with van der Waals surface area (Å²) >= 11 is 0. The molecular formula is C14H26N2O. The van der Waals surface area contributed by atoms with E-state index in [0.29, 0.717) is 17.3 Å². The second-order valence-electron chi connectivity index (χ2n) is 6.29. The number of hydrogen-bond donors (Lipinski definition) is 2. The van der Waals surface area contributed by atoms with E-state index in [1.807, 2.05) is 0 Å². The van der Waals surface area contributed by atoms with Crippen LogP contribution in [-0.4, -0.2) is 25.0 Å². The summed E-state index contributed by atoms with van der Waals surface area (Å²) in [4.78, 5) is 12.1. The first-order valence-corrected chi connectivity index (χ1v) is 7.06. The van der Waals surface area contributed by atoms with Gasteiger partial charge >= 0.3 is 0 Å². The molecule has 2 N–H and O–H groups in total. The van der Waals surface area contributed by atoms with Crippen molar-refractivity contribution in [1.82, 2.24) is 10.6 Å². The molecule has 0 spiro atoms. The van der Waals surface area contributed by atoms with Crippen LogP contribution in [0.3, 0.4) is 0 Å². The van der Waals surface area contributed by atoms with Crippen molar-refractivity contribution in [2.24, 2.45) is 17.3 Å². The zero-order chi connectivity index (χ0) is 12.5. The first kappa shape index (κ1) is 12.9. The SMILES string of the molecule is CC1CCCNC1C(=O)NCC1(C(C)C)CC1. The molecule has 2 fully saturated rings. The van der Waals surface area contributed by atoms with Crippen LogP contribution >= 0.6 is 0 Å². The third-order valence-electron chi connectivity index (χ3n) is 4.78. The summed E-state index contributed by atoms with van der Waals surface area (Å²) in [5, 5.41) is 6.51. The van der Waals surface area contributed by atoms with Gasteiger partial charge in [0, 0.05) is 6.54 Å². The molecule has 1 amide bonds. The minimum atomic E-state index is 0.0340. The van der Waals surface area contributed by atoms with E-state index in [0.717, 1.165) is 13.1 Å². The highest BCUT2D eigenvalue weighted by molar-refractivity contribution is 5.82. The molecule has 1 saturated carbocycles. The van der Waals surface area contributed by atoms with E-state index in [1.165, 1.54) is 25.7 Å². The third kappa shape index (κ3) is 2.82. The van der Waals surface area contributed by atoms with Crippen LogP contribution in [0.15, 0.2) is 0 Å². The molecule has 0 aromatic rings. The lowest BCUT2D eigenvalue weighted by Gasteiger charge is -2.30. The molecule has 0 aromatic carbocycles. The molecule has 0 bridgehead atoms. The van der Waals surface area contributed by atoms with Crippen LogP contribution in [0.5, 0.6) is 0 Å². The quantitative estimate of drug-likeness (QED) is 0.786. The predicted octanol–water partition coefficient (Wildman–Crippen LogP) is 1.93. The number of nitrogens with one attached hydrogen (secondary N) is 2. The zero-order valence-electron chi connectivity index (χ0n) is 11.4. The summed E-state index contributed by atoms with van der Waals surface area (Å²) in [5.74, 6) is 1.36. The Balaban J connectivity index is 1.81. The summed E-state index contributed by atoms with van der Waals surface area (Å²) in [6, 6.07) is 0.0340.